The van der Waals surface area contributed by atoms with Gasteiger partial charge in [0.15, 0.2) is 0 Å². The first-order chi connectivity index (χ1) is 23.5. The van der Waals surface area contributed by atoms with Crippen LogP contribution in [0.4, 0.5) is 5.69 Å². The van der Waals surface area contributed by atoms with Crippen molar-refractivity contribution in [3.63, 3.8) is 0 Å². The van der Waals surface area contributed by atoms with Gasteiger partial charge in [0.1, 0.15) is 21.2 Å². The zero-order valence-electron chi connectivity index (χ0n) is 28.4. The highest BCUT2D eigenvalue weighted by Crippen LogP contribution is 2.42. The molecule has 0 radical (unpaired) electrons. The second-order valence-corrected chi connectivity index (χ2v) is 16.2. The molecule has 3 aliphatic rings. The molecule has 1 unspecified atom stereocenters. The molecule has 2 bridgehead atoms. The number of amides is 2. The van der Waals surface area contributed by atoms with Gasteiger partial charge in [0.25, 0.3) is 11.8 Å². The van der Waals surface area contributed by atoms with Crippen molar-refractivity contribution in [1.29, 1.82) is 0 Å². The lowest BCUT2D eigenvalue weighted by Crippen LogP contribution is -2.43. The first kappa shape index (κ1) is 35.2. The van der Waals surface area contributed by atoms with Crippen molar-refractivity contribution in [3.05, 3.63) is 69.9 Å². The number of anilines is 1. The molecule has 2 amide bonds. The number of methoxy groups -OCH3 is 1. The molecule has 6 rings (SSSR count). The van der Waals surface area contributed by atoms with Gasteiger partial charge >= 0.3 is 0 Å². The molecular weight excluding hydrogens is 666 g/mol. The number of benzene rings is 2. The third-order valence-corrected chi connectivity index (χ3v) is 12.2. The number of carbonyl (C=O) groups is 2. The number of aromatic nitrogens is 2. The van der Waals surface area contributed by atoms with E-state index in [1.54, 1.807) is 25.2 Å². The van der Waals surface area contributed by atoms with Crippen molar-refractivity contribution in [2.75, 3.05) is 30.9 Å². The summed E-state index contributed by atoms with van der Waals surface area (Å²) in [4.78, 5) is 29.6. The lowest BCUT2D eigenvalue weighted by atomic mass is 9.69. The van der Waals surface area contributed by atoms with E-state index in [4.69, 9.17) is 21.1 Å². The molecule has 3 heterocycles. The molecule has 1 fully saturated rings. The molecule has 1 aliphatic carbocycles. The number of nitrogens with one attached hydrogen (secondary N) is 1. The number of hydrogen-bond donors (Lipinski definition) is 2. The fraction of sp³-hybridized carbons (Fsp3) is 0.528. The Balaban J connectivity index is 1.43. The predicted octanol–water partition coefficient (Wildman–Crippen LogP) is 5.96. The highest BCUT2D eigenvalue weighted by Gasteiger charge is 2.38. The summed E-state index contributed by atoms with van der Waals surface area (Å²) in [7, 11) is -0.550. The minimum Gasteiger partial charge on any atom is -0.491 e. The van der Waals surface area contributed by atoms with Gasteiger partial charge in [0, 0.05) is 36.9 Å². The van der Waals surface area contributed by atoms with Crippen LogP contribution in [0.3, 0.4) is 0 Å². The Morgan fingerprint density at radius 3 is 2.71 bits per heavy atom. The maximum absolute atomic E-state index is 14.5. The SMILES string of the molecule is COc1nn(C)cc1C(=O)NS1(=O)=NC(=O)c2ccc3c(c2)N(Cc2ccc(Cl)cc2CCCCO3)C[C@@H]2CC[C@H]2[C@@H](O)CCC[C@H](C)C1. The van der Waals surface area contributed by atoms with E-state index in [0.717, 1.165) is 43.4 Å². The molecule has 2 aliphatic heterocycles. The maximum Gasteiger partial charge on any atom is 0.286 e. The standard InChI is InChI=1S/C36H46ClN5O6S/c1-23-7-6-9-32(43)29-14-11-27(29)20-42-19-26-10-13-28(37)17-24(26)8-4-5-16-48-33-15-12-25(18-31(33)42)34(44)39-49(46,22-23)40-35(45)30-21-41(2)38-36(30)47-3/h10,12-13,15,17-18,21,23,27,29,32,43H,4-9,11,14,16,19-20,22H2,1-3H3,(H,39,40,44,45,46)/t23-,27-,29+,32-,49?/m0/s1. The fourth-order valence-electron chi connectivity index (χ4n) is 7.29. The molecule has 1 saturated carbocycles. The topological polar surface area (TPSA) is 135 Å². The van der Waals surface area contributed by atoms with Gasteiger partial charge in [-0.2, -0.15) is 0 Å². The van der Waals surface area contributed by atoms with Crippen molar-refractivity contribution in [2.45, 2.75) is 70.9 Å². The Morgan fingerprint density at radius 2 is 1.94 bits per heavy atom. The van der Waals surface area contributed by atoms with Crippen LogP contribution in [0.25, 0.3) is 0 Å². The molecule has 2 N–H and O–H groups in total. The lowest BCUT2D eigenvalue weighted by molar-refractivity contribution is 0.00889. The van der Waals surface area contributed by atoms with Gasteiger partial charge in [-0.25, -0.2) is 4.21 Å². The second kappa shape index (κ2) is 15.1. The van der Waals surface area contributed by atoms with E-state index >= 15 is 0 Å². The van der Waals surface area contributed by atoms with Crippen molar-refractivity contribution in [2.24, 2.45) is 29.2 Å². The molecule has 0 saturated heterocycles. The molecule has 1 aromatic heterocycles. The number of aliphatic hydroxyl groups excluding tert-OH is 1. The van der Waals surface area contributed by atoms with Gasteiger partial charge in [-0.15, -0.1) is 9.46 Å². The molecular formula is C36H46ClN5O6S. The number of rotatable bonds is 3. The third kappa shape index (κ3) is 8.24. The quantitative estimate of drug-likeness (QED) is 0.340. The Hall–Kier alpha value is -3.61. The third-order valence-electron chi connectivity index (χ3n) is 10.0. The highest BCUT2D eigenvalue weighted by molar-refractivity contribution is 7.92. The van der Waals surface area contributed by atoms with Crippen molar-refractivity contribution >= 4 is 39.0 Å². The summed E-state index contributed by atoms with van der Waals surface area (Å²) < 4.78 is 34.3. The van der Waals surface area contributed by atoms with Gasteiger partial charge < -0.3 is 19.5 Å². The molecule has 3 aromatic rings. The number of aliphatic hydroxyl groups is 1. The van der Waals surface area contributed by atoms with Crippen molar-refractivity contribution in [1.82, 2.24) is 14.5 Å². The van der Waals surface area contributed by atoms with Crippen LogP contribution in [-0.2, 0) is 29.9 Å². The lowest BCUT2D eigenvalue weighted by Gasteiger charge is -2.43. The molecule has 2 aromatic carbocycles. The van der Waals surface area contributed by atoms with E-state index in [1.807, 2.05) is 19.1 Å². The van der Waals surface area contributed by atoms with Crippen LogP contribution in [0.1, 0.15) is 83.7 Å². The molecule has 49 heavy (non-hydrogen) atoms. The van der Waals surface area contributed by atoms with Crippen LogP contribution in [0.2, 0.25) is 5.02 Å². The number of halogens is 1. The van der Waals surface area contributed by atoms with E-state index in [1.165, 1.54) is 23.6 Å². The number of carbonyl (C=O) groups excluding carboxylic acids is 2. The van der Waals surface area contributed by atoms with Crippen molar-refractivity contribution < 1.29 is 28.4 Å². The number of nitrogens with zero attached hydrogens (tertiary/aromatic N) is 4. The van der Waals surface area contributed by atoms with E-state index in [9.17, 15) is 18.9 Å². The average Bonchev–Trinajstić information content (AvgIpc) is 3.42. The number of aryl methyl sites for hydroxylation is 2. The normalized spacial score (nSPS) is 26.5. The molecule has 5 atom stereocenters. The molecule has 11 nitrogen and oxygen atoms in total. The minimum atomic E-state index is -3.59. The molecule has 13 heteroatoms. The van der Waals surface area contributed by atoms with E-state index in [-0.39, 0.29) is 40.5 Å². The van der Waals surface area contributed by atoms with Gasteiger partial charge in [-0.3, -0.25) is 19.0 Å². The smallest absolute Gasteiger partial charge is 0.286 e. The summed E-state index contributed by atoms with van der Waals surface area (Å²) in [5.74, 6) is -0.408. The summed E-state index contributed by atoms with van der Waals surface area (Å²) in [6, 6.07) is 11.2. The van der Waals surface area contributed by atoms with Gasteiger partial charge in [-0.05, 0) is 104 Å². The van der Waals surface area contributed by atoms with Crippen molar-refractivity contribution in [3.8, 4) is 11.6 Å². The van der Waals surface area contributed by atoms with E-state index in [0.29, 0.717) is 49.7 Å². The van der Waals surface area contributed by atoms with Crippen LogP contribution >= 0.6 is 11.6 Å². The van der Waals surface area contributed by atoms with E-state index in [2.05, 4.69) is 25.1 Å². The summed E-state index contributed by atoms with van der Waals surface area (Å²) in [6.45, 7) is 3.67. The summed E-state index contributed by atoms with van der Waals surface area (Å²) in [5.41, 5.74) is 3.40. The Bertz CT molecular complexity index is 1820. The monoisotopic (exact) mass is 711 g/mol. The Kier molecular flexibility index (Phi) is 10.9. The summed E-state index contributed by atoms with van der Waals surface area (Å²) in [5, 5.41) is 16.2. The average molecular weight is 712 g/mol. The first-order valence-electron chi connectivity index (χ1n) is 17.2. The van der Waals surface area contributed by atoms with Crippen LogP contribution in [0, 0.1) is 17.8 Å². The van der Waals surface area contributed by atoms with Crippen LogP contribution in [0.15, 0.2) is 47.0 Å². The Labute approximate surface area is 293 Å². The molecule has 264 valence electrons. The number of ether oxygens (including phenoxy) is 2. The number of hydrogen-bond acceptors (Lipinski definition) is 8. The van der Waals surface area contributed by atoms with Gasteiger partial charge in [0.05, 0.1) is 31.3 Å². The second-order valence-electron chi connectivity index (χ2n) is 13.7. The van der Waals surface area contributed by atoms with Crippen LogP contribution < -0.4 is 19.1 Å². The first-order valence-corrected chi connectivity index (χ1v) is 19.2. The van der Waals surface area contributed by atoms with Crippen LogP contribution in [0.5, 0.6) is 11.6 Å². The van der Waals surface area contributed by atoms with Crippen LogP contribution in [-0.4, -0.2) is 63.0 Å². The zero-order chi connectivity index (χ0) is 34.7. The molecule has 0 spiro atoms. The fourth-order valence-corrected chi connectivity index (χ4v) is 9.40. The largest absolute Gasteiger partial charge is 0.491 e. The highest BCUT2D eigenvalue weighted by atomic mass is 35.5. The Morgan fingerprint density at radius 1 is 1.10 bits per heavy atom. The summed E-state index contributed by atoms with van der Waals surface area (Å²) in [6.07, 6.45) is 7.64. The minimum absolute atomic E-state index is 0.0330. The van der Waals surface area contributed by atoms with Gasteiger partial charge in [0.2, 0.25) is 5.88 Å². The predicted molar refractivity (Wildman–Crippen MR) is 190 cm³/mol. The zero-order valence-corrected chi connectivity index (χ0v) is 30.0. The van der Waals surface area contributed by atoms with Gasteiger partial charge in [-0.1, -0.05) is 31.0 Å². The summed E-state index contributed by atoms with van der Waals surface area (Å²) >= 11 is 6.44. The number of fused-ring (bicyclic) bond motifs is 3. The van der Waals surface area contributed by atoms with E-state index < -0.39 is 27.8 Å². The maximum atomic E-state index is 14.5.